The molecule has 2 aliphatic heterocycles. The summed E-state index contributed by atoms with van der Waals surface area (Å²) in [7, 11) is 0. The molecular weight excluding hydrogens is 228 g/mol. The first-order valence-electron chi connectivity index (χ1n) is 7.48. The Morgan fingerprint density at radius 1 is 0.944 bits per heavy atom. The van der Waals surface area contributed by atoms with Gasteiger partial charge in [0.05, 0.1) is 24.4 Å². The van der Waals surface area contributed by atoms with E-state index in [2.05, 4.69) is 18.7 Å². The molecule has 106 valence electrons. The lowest BCUT2D eigenvalue weighted by Crippen LogP contribution is -2.49. The molecule has 4 atom stereocenters. The molecular formula is C14H28N2O2. The zero-order chi connectivity index (χ0) is 13.0. The number of nitrogens with zero attached hydrogens (tertiary/aromatic N) is 1. The van der Waals surface area contributed by atoms with Gasteiger partial charge in [-0.15, -0.1) is 0 Å². The van der Waals surface area contributed by atoms with E-state index in [1.54, 1.807) is 0 Å². The van der Waals surface area contributed by atoms with Gasteiger partial charge in [0.1, 0.15) is 0 Å². The summed E-state index contributed by atoms with van der Waals surface area (Å²) in [5.74, 6) is 0. The predicted molar refractivity (Wildman–Crippen MR) is 72.6 cm³/mol. The molecule has 0 spiro atoms. The Kier molecular flexibility index (Phi) is 5.42. The Bertz CT molecular complexity index is 238. The molecule has 0 aromatic heterocycles. The molecule has 4 heteroatoms. The van der Waals surface area contributed by atoms with Gasteiger partial charge in [-0.2, -0.15) is 0 Å². The fourth-order valence-electron chi connectivity index (χ4n) is 2.98. The highest BCUT2D eigenvalue weighted by Crippen LogP contribution is 2.22. The van der Waals surface area contributed by atoms with Crippen LogP contribution >= 0.6 is 0 Å². The van der Waals surface area contributed by atoms with E-state index in [1.807, 2.05) is 0 Å². The smallest absolute Gasteiger partial charge is 0.0707 e. The van der Waals surface area contributed by atoms with Crippen LogP contribution in [0.2, 0.25) is 0 Å². The lowest BCUT2D eigenvalue weighted by atomic mass is 10.1. The molecule has 2 saturated heterocycles. The van der Waals surface area contributed by atoms with E-state index in [0.717, 1.165) is 45.3 Å². The largest absolute Gasteiger partial charge is 0.372 e. The third kappa shape index (κ3) is 3.67. The van der Waals surface area contributed by atoms with Crippen molar-refractivity contribution in [2.45, 2.75) is 63.9 Å². The molecule has 2 fully saturated rings. The molecule has 0 bridgehead atoms. The lowest BCUT2D eigenvalue weighted by Gasteiger charge is -2.38. The van der Waals surface area contributed by atoms with E-state index in [-0.39, 0.29) is 0 Å². The van der Waals surface area contributed by atoms with Crippen LogP contribution in [0.15, 0.2) is 0 Å². The molecule has 0 amide bonds. The van der Waals surface area contributed by atoms with Crippen LogP contribution in [-0.2, 0) is 9.47 Å². The van der Waals surface area contributed by atoms with Gasteiger partial charge in [0.25, 0.3) is 0 Å². The first-order chi connectivity index (χ1) is 8.75. The SMILES string of the molecule is CCC1CN(C[C@@H]2CC[C@H](CN)O2)CC(CC)O1. The summed E-state index contributed by atoms with van der Waals surface area (Å²) in [4.78, 5) is 2.52. The predicted octanol–water partition coefficient (Wildman–Crippen LogP) is 1.38. The maximum Gasteiger partial charge on any atom is 0.0707 e. The quantitative estimate of drug-likeness (QED) is 0.807. The molecule has 2 N–H and O–H groups in total. The number of morpholine rings is 1. The van der Waals surface area contributed by atoms with Gasteiger partial charge in [-0.05, 0) is 25.7 Å². The zero-order valence-electron chi connectivity index (χ0n) is 11.8. The maximum absolute atomic E-state index is 6.02. The summed E-state index contributed by atoms with van der Waals surface area (Å²) in [6, 6.07) is 0. The molecule has 0 radical (unpaired) electrons. The summed E-state index contributed by atoms with van der Waals surface area (Å²) in [5.41, 5.74) is 5.66. The van der Waals surface area contributed by atoms with Crippen molar-refractivity contribution in [3.8, 4) is 0 Å². The van der Waals surface area contributed by atoms with Crippen LogP contribution < -0.4 is 5.73 Å². The third-order valence-corrected chi connectivity index (χ3v) is 4.14. The lowest BCUT2D eigenvalue weighted by molar-refractivity contribution is -0.0972. The molecule has 4 nitrogen and oxygen atoms in total. The third-order valence-electron chi connectivity index (χ3n) is 4.14. The minimum Gasteiger partial charge on any atom is -0.372 e. The topological polar surface area (TPSA) is 47.7 Å². The Labute approximate surface area is 111 Å². The van der Waals surface area contributed by atoms with Crippen LogP contribution in [0.5, 0.6) is 0 Å². The van der Waals surface area contributed by atoms with Crippen LogP contribution in [0.1, 0.15) is 39.5 Å². The van der Waals surface area contributed by atoms with Crippen LogP contribution in [-0.4, -0.2) is 55.5 Å². The van der Waals surface area contributed by atoms with Crippen LogP contribution in [0, 0.1) is 0 Å². The normalized spacial score (nSPS) is 38.2. The van der Waals surface area contributed by atoms with Gasteiger partial charge >= 0.3 is 0 Å². The first kappa shape index (κ1) is 14.3. The van der Waals surface area contributed by atoms with Gasteiger partial charge in [-0.1, -0.05) is 13.8 Å². The molecule has 2 unspecified atom stereocenters. The fraction of sp³-hybridized carbons (Fsp3) is 1.00. The second-order valence-corrected chi connectivity index (χ2v) is 5.61. The van der Waals surface area contributed by atoms with Crippen molar-refractivity contribution < 1.29 is 9.47 Å². The summed E-state index contributed by atoms with van der Waals surface area (Å²) >= 11 is 0. The summed E-state index contributed by atoms with van der Waals surface area (Å²) < 4.78 is 12.0. The standard InChI is InChI=1S/C14H28N2O2/c1-3-11-8-16(9-12(4-2)17-11)10-14-6-5-13(7-15)18-14/h11-14H,3-10,15H2,1-2H3/t11?,12?,13-,14+/m1/s1. The van der Waals surface area contributed by atoms with Crippen LogP contribution in [0.4, 0.5) is 0 Å². The van der Waals surface area contributed by atoms with E-state index in [4.69, 9.17) is 15.2 Å². The molecule has 2 aliphatic rings. The Balaban J connectivity index is 1.81. The van der Waals surface area contributed by atoms with Crippen LogP contribution in [0.25, 0.3) is 0 Å². The van der Waals surface area contributed by atoms with Crippen molar-refractivity contribution in [3.05, 3.63) is 0 Å². The summed E-state index contributed by atoms with van der Waals surface area (Å²) in [5, 5.41) is 0. The van der Waals surface area contributed by atoms with Gasteiger partial charge in [0.15, 0.2) is 0 Å². The van der Waals surface area contributed by atoms with E-state index >= 15 is 0 Å². The zero-order valence-corrected chi connectivity index (χ0v) is 11.8. The molecule has 0 aliphatic carbocycles. The van der Waals surface area contributed by atoms with Crippen molar-refractivity contribution in [3.63, 3.8) is 0 Å². The van der Waals surface area contributed by atoms with Crippen molar-refractivity contribution in [1.82, 2.24) is 4.90 Å². The van der Waals surface area contributed by atoms with Gasteiger partial charge in [-0.3, -0.25) is 4.90 Å². The van der Waals surface area contributed by atoms with Gasteiger partial charge in [0.2, 0.25) is 0 Å². The van der Waals surface area contributed by atoms with E-state index in [0.29, 0.717) is 31.0 Å². The van der Waals surface area contributed by atoms with Crippen molar-refractivity contribution in [2.24, 2.45) is 5.73 Å². The Morgan fingerprint density at radius 3 is 2.00 bits per heavy atom. The second-order valence-electron chi connectivity index (χ2n) is 5.61. The molecule has 2 rings (SSSR count). The number of rotatable bonds is 5. The van der Waals surface area contributed by atoms with Gasteiger partial charge in [-0.25, -0.2) is 0 Å². The average Bonchev–Trinajstić information content (AvgIpc) is 2.85. The minimum absolute atomic E-state index is 0.292. The van der Waals surface area contributed by atoms with Gasteiger partial charge < -0.3 is 15.2 Å². The van der Waals surface area contributed by atoms with Crippen molar-refractivity contribution in [2.75, 3.05) is 26.2 Å². The fourth-order valence-corrected chi connectivity index (χ4v) is 2.98. The number of ether oxygens (including phenoxy) is 2. The molecule has 18 heavy (non-hydrogen) atoms. The monoisotopic (exact) mass is 256 g/mol. The van der Waals surface area contributed by atoms with Crippen LogP contribution in [0.3, 0.4) is 0 Å². The van der Waals surface area contributed by atoms with Gasteiger partial charge in [0, 0.05) is 26.2 Å². The highest BCUT2D eigenvalue weighted by Gasteiger charge is 2.30. The molecule has 0 aromatic carbocycles. The van der Waals surface area contributed by atoms with E-state index in [1.165, 1.54) is 0 Å². The molecule has 0 aromatic rings. The number of hydrogen-bond acceptors (Lipinski definition) is 4. The Morgan fingerprint density at radius 2 is 1.50 bits per heavy atom. The molecule has 0 saturated carbocycles. The van der Waals surface area contributed by atoms with E-state index < -0.39 is 0 Å². The van der Waals surface area contributed by atoms with E-state index in [9.17, 15) is 0 Å². The summed E-state index contributed by atoms with van der Waals surface area (Å²) in [6.45, 7) is 8.23. The first-order valence-corrected chi connectivity index (χ1v) is 7.48. The Hall–Kier alpha value is -0.160. The maximum atomic E-state index is 6.02. The minimum atomic E-state index is 0.292. The highest BCUT2D eigenvalue weighted by molar-refractivity contribution is 4.82. The number of hydrogen-bond donors (Lipinski definition) is 1. The van der Waals surface area contributed by atoms with Crippen molar-refractivity contribution in [1.29, 1.82) is 0 Å². The number of nitrogens with two attached hydrogens (primary N) is 1. The average molecular weight is 256 g/mol. The molecule has 2 heterocycles. The van der Waals surface area contributed by atoms with Crippen molar-refractivity contribution >= 4 is 0 Å². The summed E-state index contributed by atoms with van der Waals surface area (Å²) in [6.07, 6.45) is 5.96. The highest BCUT2D eigenvalue weighted by atomic mass is 16.5. The second kappa shape index (κ2) is 6.85.